The van der Waals surface area contributed by atoms with Crippen LogP contribution < -0.4 is 16.0 Å². The van der Waals surface area contributed by atoms with E-state index in [1.807, 2.05) is 48.5 Å². The van der Waals surface area contributed by atoms with Gasteiger partial charge in [0.25, 0.3) is 5.91 Å². The molecule has 2 aliphatic rings. The predicted molar refractivity (Wildman–Crippen MR) is 94.3 cm³/mol. The summed E-state index contributed by atoms with van der Waals surface area (Å²) in [5, 5.41) is 2.94. The van der Waals surface area contributed by atoms with Gasteiger partial charge >= 0.3 is 0 Å². The summed E-state index contributed by atoms with van der Waals surface area (Å²) in [5.74, 6) is 0.381. The minimum absolute atomic E-state index is 0.102. The Morgan fingerprint density at radius 2 is 1.83 bits per heavy atom. The van der Waals surface area contributed by atoms with E-state index in [2.05, 4.69) is 10.2 Å². The molecule has 4 rings (SSSR count). The number of nitrogens with two attached hydrogens (primary N) is 1. The van der Waals surface area contributed by atoms with Gasteiger partial charge in [0, 0.05) is 35.4 Å². The number of nitrogens with one attached hydrogen (secondary N) is 1. The minimum Gasteiger partial charge on any atom is -0.359 e. The molecule has 2 atom stereocenters. The fourth-order valence-electron chi connectivity index (χ4n) is 3.06. The van der Waals surface area contributed by atoms with E-state index in [9.17, 15) is 4.79 Å². The summed E-state index contributed by atoms with van der Waals surface area (Å²) >= 11 is 0. The molecule has 3 N–H and O–H groups in total. The van der Waals surface area contributed by atoms with Gasteiger partial charge in [-0.2, -0.15) is 0 Å². The molecule has 1 saturated heterocycles. The van der Waals surface area contributed by atoms with Crippen molar-refractivity contribution in [1.29, 1.82) is 0 Å². The lowest BCUT2D eigenvalue weighted by atomic mass is 10.1. The van der Waals surface area contributed by atoms with Crippen LogP contribution in [0.5, 0.6) is 0 Å². The lowest BCUT2D eigenvalue weighted by Crippen LogP contribution is -2.18. The highest BCUT2D eigenvalue weighted by Gasteiger charge is 2.34. The highest BCUT2D eigenvalue weighted by molar-refractivity contribution is 6.04. The summed E-state index contributed by atoms with van der Waals surface area (Å²) in [6, 6.07) is 15.9. The highest BCUT2D eigenvalue weighted by Crippen LogP contribution is 2.39. The van der Waals surface area contributed by atoms with Crippen molar-refractivity contribution >= 4 is 17.3 Å². The Morgan fingerprint density at radius 1 is 1.12 bits per heavy atom. The van der Waals surface area contributed by atoms with E-state index in [0.29, 0.717) is 24.3 Å². The molecular formula is C19H21N3O2. The summed E-state index contributed by atoms with van der Waals surface area (Å²) in [4.78, 5) is 14.5. The molecule has 1 saturated carbocycles. The van der Waals surface area contributed by atoms with Gasteiger partial charge in [-0.15, -0.1) is 0 Å². The van der Waals surface area contributed by atoms with Crippen LogP contribution in [0.2, 0.25) is 0 Å². The first-order valence-electron chi connectivity index (χ1n) is 8.30. The molecule has 1 aliphatic carbocycles. The van der Waals surface area contributed by atoms with Crippen LogP contribution in [0, 0.1) is 0 Å². The minimum atomic E-state index is -0.102. The predicted octanol–water partition coefficient (Wildman–Crippen LogP) is 2.55. The van der Waals surface area contributed by atoms with Gasteiger partial charge in [-0.3, -0.25) is 4.79 Å². The van der Waals surface area contributed by atoms with E-state index in [1.54, 1.807) is 0 Å². The molecule has 2 unspecified atom stereocenters. The van der Waals surface area contributed by atoms with Crippen molar-refractivity contribution < 1.29 is 9.53 Å². The van der Waals surface area contributed by atoms with E-state index in [-0.39, 0.29) is 5.91 Å². The molecule has 2 aromatic carbocycles. The second-order valence-electron chi connectivity index (χ2n) is 6.43. The van der Waals surface area contributed by atoms with E-state index < -0.39 is 0 Å². The van der Waals surface area contributed by atoms with Crippen LogP contribution in [-0.2, 0) is 4.74 Å². The summed E-state index contributed by atoms with van der Waals surface area (Å²) in [6.07, 6.45) is 1.06. The van der Waals surface area contributed by atoms with Gasteiger partial charge in [-0.05, 0) is 48.4 Å². The number of rotatable bonds is 4. The maximum atomic E-state index is 12.4. The highest BCUT2D eigenvalue weighted by atomic mass is 16.5. The van der Waals surface area contributed by atoms with Crippen LogP contribution in [0.15, 0.2) is 48.5 Å². The fourth-order valence-corrected chi connectivity index (χ4v) is 3.06. The van der Waals surface area contributed by atoms with Crippen molar-refractivity contribution in [1.82, 2.24) is 0 Å². The molecule has 124 valence electrons. The number of carbonyl (C=O) groups is 1. The second-order valence-corrected chi connectivity index (χ2v) is 6.43. The lowest BCUT2D eigenvalue weighted by Gasteiger charge is -2.15. The molecule has 1 aliphatic heterocycles. The molecule has 1 heterocycles. The van der Waals surface area contributed by atoms with Gasteiger partial charge in [0.15, 0.2) is 0 Å². The zero-order valence-electron chi connectivity index (χ0n) is 13.4. The van der Waals surface area contributed by atoms with Gasteiger partial charge in [-0.1, -0.05) is 12.1 Å². The topological polar surface area (TPSA) is 67.6 Å². The SMILES string of the molecule is NC1CC1c1ccc(NC(=O)c2ccc(N3CCOC3)cc2)cc1. The fraction of sp³-hybridized carbons (Fsp3) is 0.316. The van der Waals surface area contributed by atoms with E-state index in [0.717, 1.165) is 30.9 Å². The number of carbonyl (C=O) groups excluding carboxylic acids is 1. The van der Waals surface area contributed by atoms with Crippen LogP contribution >= 0.6 is 0 Å². The Hall–Kier alpha value is -2.37. The third-order valence-electron chi connectivity index (χ3n) is 4.68. The molecule has 0 bridgehead atoms. The lowest BCUT2D eigenvalue weighted by molar-refractivity contribution is 0.102. The summed E-state index contributed by atoms with van der Waals surface area (Å²) in [6.45, 7) is 2.26. The standard InChI is InChI=1S/C19H21N3O2/c20-18-11-17(18)13-1-5-15(6-2-13)21-19(23)14-3-7-16(8-4-14)22-9-10-24-12-22/h1-8,17-18H,9-12,20H2,(H,21,23). The Morgan fingerprint density at radius 3 is 2.42 bits per heavy atom. The van der Waals surface area contributed by atoms with E-state index in [1.165, 1.54) is 5.56 Å². The Kier molecular flexibility index (Phi) is 3.96. The van der Waals surface area contributed by atoms with E-state index in [4.69, 9.17) is 10.5 Å². The van der Waals surface area contributed by atoms with Crippen molar-refractivity contribution in [2.45, 2.75) is 18.4 Å². The monoisotopic (exact) mass is 323 g/mol. The molecule has 2 aromatic rings. The quantitative estimate of drug-likeness (QED) is 0.907. The Bertz CT molecular complexity index is 721. The average Bonchev–Trinajstić information content (AvgIpc) is 3.11. The number of amides is 1. The number of ether oxygens (including phenoxy) is 1. The normalized spacial score (nSPS) is 22.5. The molecule has 2 fully saturated rings. The molecular weight excluding hydrogens is 302 g/mol. The Balaban J connectivity index is 1.40. The van der Waals surface area contributed by atoms with Crippen molar-refractivity contribution in [3.63, 3.8) is 0 Å². The second kappa shape index (κ2) is 6.26. The maximum absolute atomic E-state index is 12.4. The number of nitrogens with zero attached hydrogens (tertiary/aromatic N) is 1. The summed E-state index contributed by atoms with van der Waals surface area (Å²) in [7, 11) is 0. The molecule has 0 spiro atoms. The van der Waals surface area contributed by atoms with Crippen LogP contribution in [0.3, 0.4) is 0 Å². The van der Waals surface area contributed by atoms with Crippen LogP contribution in [-0.4, -0.2) is 31.8 Å². The van der Waals surface area contributed by atoms with Crippen molar-refractivity contribution in [3.8, 4) is 0 Å². The zero-order valence-corrected chi connectivity index (χ0v) is 13.4. The molecule has 5 nitrogen and oxygen atoms in total. The zero-order chi connectivity index (χ0) is 16.5. The first kappa shape index (κ1) is 15.2. The van der Waals surface area contributed by atoms with Crippen LogP contribution in [0.25, 0.3) is 0 Å². The molecule has 0 radical (unpaired) electrons. The third kappa shape index (κ3) is 3.13. The smallest absolute Gasteiger partial charge is 0.255 e. The summed E-state index contributed by atoms with van der Waals surface area (Å²) < 4.78 is 5.34. The number of hydrogen-bond acceptors (Lipinski definition) is 4. The average molecular weight is 323 g/mol. The van der Waals surface area contributed by atoms with Gasteiger partial charge in [-0.25, -0.2) is 0 Å². The summed E-state index contributed by atoms with van der Waals surface area (Å²) in [5.41, 5.74) is 9.64. The van der Waals surface area contributed by atoms with Crippen molar-refractivity contribution in [2.24, 2.45) is 5.73 Å². The van der Waals surface area contributed by atoms with Crippen molar-refractivity contribution in [3.05, 3.63) is 59.7 Å². The first-order chi connectivity index (χ1) is 11.7. The van der Waals surface area contributed by atoms with Gasteiger partial charge in [0.05, 0.1) is 6.61 Å². The van der Waals surface area contributed by atoms with Gasteiger partial charge in [0.1, 0.15) is 6.73 Å². The molecule has 0 aromatic heterocycles. The van der Waals surface area contributed by atoms with E-state index >= 15 is 0 Å². The molecule has 1 amide bonds. The first-order valence-corrected chi connectivity index (χ1v) is 8.30. The third-order valence-corrected chi connectivity index (χ3v) is 4.68. The largest absolute Gasteiger partial charge is 0.359 e. The van der Waals surface area contributed by atoms with Gasteiger partial charge < -0.3 is 20.7 Å². The van der Waals surface area contributed by atoms with Crippen LogP contribution in [0.1, 0.15) is 28.3 Å². The van der Waals surface area contributed by atoms with Gasteiger partial charge in [0.2, 0.25) is 0 Å². The van der Waals surface area contributed by atoms with Crippen LogP contribution in [0.4, 0.5) is 11.4 Å². The van der Waals surface area contributed by atoms with Crippen molar-refractivity contribution in [2.75, 3.05) is 30.1 Å². The molecule has 5 heteroatoms. The number of hydrogen-bond donors (Lipinski definition) is 2. The number of anilines is 2. The number of benzene rings is 2. The Labute approximate surface area is 141 Å². The maximum Gasteiger partial charge on any atom is 0.255 e. The molecule has 24 heavy (non-hydrogen) atoms.